The summed E-state index contributed by atoms with van der Waals surface area (Å²) in [5.74, 6) is 0.640. The van der Waals surface area contributed by atoms with E-state index in [2.05, 4.69) is 91.6 Å². The normalized spacial score (nSPS) is 10.8. The standard InChI is InChI=1S/C24H21N3/c1-16-4-10-19(11-5-16)22-23(20-12-6-17(2)7-13-20)26-27-24(25-22)21-14-8-18(3)9-15-21/h4-15H,1-3H3. The molecule has 27 heavy (non-hydrogen) atoms. The van der Waals surface area contributed by atoms with Crippen molar-refractivity contribution >= 4 is 0 Å². The van der Waals surface area contributed by atoms with Crippen LogP contribution in [0.3, 0.4) is 0 Å². The van der Waals surface area contributed by atoms with Gasteiger partial charge in [-0.15, -0.1) is 10.2 Å². The Morgan fingerprint density at radius 3 is 1.33 bits per heavy atom. The number of aromatic nitrogens is 3. The van der Waals surface area contributed by atoms with Gasteiger partial charge in [-0.25, -0.2) is 4.98 Å². The minimum Gasteiger partial charge on any atom is -0.224 e. The van der Waals surface area contributed by atoms with E-state index < -0.39 is 0 Å². The molecule has 0 saturated heterocycles. The molecule has 0 bridgehead atoms. The molecule has 0 spiro atoms. The van der Waals surface area contributed by atoms with Gasteiger partial charge in [0.2, 0.25) is 0 Å². The van der Waals surface area contributed by atoms with Gasteiger partial charge in [-0.1, -0.05) is 89.5 Å². The fourth-order valence-corrected chi connectivity index (χ4v) is 2.97. The number of rotatable bonds is 3. The molecule has 0 atom stereocenters. The molecule has 0 aliphatic heterocycles. The predicted octanol–water partition coefficient (Wildman–Crippen LogP) is 5.80. The molecule has 0 saturated carbocycles. The van der Waals surface area contributed by atoms with Crippen LogP contribution in [0.25, 0.3) is 33.9 Å². The van der Waals surface area contributed by atoms with Crippen LogP contribution >= 0.6 is 0 Å². The first-order chi connectivity index (χ1) is 13.1. The van der Waals surface area contributed by atoms with Crippen LogP contribution < -0.4 is 0 Å². The Bertz CT molecular complexity index is 1060. The van der Waals surface area contributed by atoms with Crippen molar-refractivity contribution < 1.29 is 0 Å². The van der Waals surface area contributed by atoms with E-state index in [-0.39, 0.29) is 0 Å². The summed E-state index contributed by atoms with van der Waals surface area (Å²) in [5.41, 5.74) is 8.33. The first-order valence-corrected chi connectivity index (χ1v) is 9.06. The Morgan fingerprint density at radius 2 is 0.852 bits per heavy atom. The molecule has 0 amide bonds. The van der Waals surface area contributed by atoms with E-state index in [1.165, 1.54) is 16.7 Å². The van der Waals surface area contributed by atoms with Crippen LogP contribution in [0.15, 0.2) is 72.8 Å². The second-order valence-corrected chi connectivity index (χ2v) is 6.93. The van der Waals surface area contributed by atoms with E-state index in [0.717, 1.165) is 28.1 Å². The first-order valence-electron chi connectivity index (χ1n) is 9.06. The van der Waals surface area contributed by atoms with Crippen LogP contribution in [0.5, 0.6) is 0 Å². The van der Waals surface area contributed by atoms with Crippen molar-refractivity contribution in [3.05, 3.63) is 89.5 Å². The summed E-state index contributed by atoms with van der Waals surface area (Å²) in [5, 5.41) is 8.98. The monoisotopic (exact) mass is 351 g/mol. The summed E-state index contributed by atoms with van der Waals surface area (Å²) in [6, 6.07) is 24.9. The highest BCUT2D eigenvalue weighted by molar-refractivity contribution is 5.78. The lowest BCUT2D eigenvalue weighted by atomic mass is 10.0. The van der Waals surface area contributed by atoms with Crippen molar-refractivity contribution in [1.82, 2.24) is 15.2 Å². The second-order valence-electron chi connectivity index (χ2n) is 6.93. The van der Waals surface area contributed by atoms with Gasteiger partial charge < -0.3 is 0 Å². The van der Waals surface area contributed by atoms with Crippen molar-refractivity contribution in [1.29, 1.82) is 0 Å². The number of benzene rings is 3. The minimum atomic E-state index is 0.640. The minimum absolute atomic E-state index is 0.640. The molecule has 4 rings (SSSR count). The van der Waals surface area contributed by atoms with Crippen molar-refractivity contribution in [2.45, 2.75) is 20.8 Å². The van der Waals surface area contributed by atoms with Gasteiger partial charge >= 0.3 is 0 Å². The topological polar surface area (TPSA) is 38.7 Å². The Hall–Kier alpha value is -3.33. The smallest absolute Gasteiger partial charge is 0.182 e. The van der Waals surface area contributed by atoms with Crippen LogP contribution in [-0.2, 0) is 0 Å². The third kappa shape index (κ3) is 3.63. The Kier molecular flexibility index (Phi) is 4.51. The van der Waals surface area contributed by atoms with Gasteiger partial charge in [0.05, 0.1) is 0 Å². The number of aryl methyl sites for hydroxylation is 3. The van der Waals surface area contributed by atoms with E-state index >= 15 is 0 Å². The molecule has 0 aliphatic carbocycles. The molecule has 0 fully saturated rings. The highest BCUT2D eigenvalue weighted by atomic mass is 15.2. The van der Waals surface area contributed by atoms with E-state index in [1.54, 1.807) is 0 Å². The van der Waals surface area contributed by atoms with E-state index in [0.29, 0.717) is 5.82 Å². The summed E-state index contributed by atoms with van der Waals surface area (Å²) >= 11 is 0. The number of nitrogens with zero attached hydrogens (tertiary/aromatic N) is 3. The molecule has 1 aromatic heterocycles. The second kappa shape index (κ2) is 7.12. The summed E-state index contributed by atoms with van der Waals surface area (Å²) in [6.45, 7) is 6.23. The zero-order valence-electron chi connectivity index (χ0n) is 15.8. The van der Waals surface area contributed by atoms with Gasteiger partial charge in [-0.05, 0) is 20.8 Å². The Morgan fingerprint density at radius 1 is 0.444 bits per heavy atom. The van der Waals surface area contributed by atoms with Gasteiger partial charge in [0.25, 0.3) is 0 Å². The summed E-state index contributed by atoms with van der Waals surface area (Å²) in [6.07, 6.45) is 0. The lowest BCUT2D eigenvalue weighted by Crippen LogP contribution is -2.00. The zero-order valence-corrected chi connectivity index (χ0v) is 15.8. The SMILES string of the molecule is Cc1ccc(-c2nnc(-c3ccc(C)cc3)c(-c3ccc(C)cc3)n2)cc1. The molecule has 132 valence electrons. The predicted molar refractivity (Wildman–Crippen MR) is 110 cm³/mol. The molecule has 4 aromatic rings. The van der Waals surface area contributed by atoms with Crippen LogP contribution in [0.2, 0.25) is 0 Å². The Labute approximate surface area is 159 Å². The van der Waals surface area contributed by atoms with Gasteiger partial charge in [0, 0.05) is 16.7 Å². The molecule has 0 N–H and O–H groups in total. The largest absolute Gasteiger partial charge is 0.224 e. The van der Waals surface area contributed by atoms with E-state index in [9.17, 15) is 0 Å². The Balaban J connectivity index is 1.89. The van der Waals surface area contributed by atoms with Gasteiger partial charge in [-0.2, -0.15) is 0 Å². The quantitative estimate of drug-likeness (QED) is 0.468. The molecule has 0 aliphatic rings. The summed E-state index contributed by atoms with van der Waals surface area (Å²) in [7, 11) is 0. The lowest BCUT2D eigenvalue weighted by molar-refractivity contribution is 0.991. The fourth-order valence-electron chi connectivity index (χ4n) is 2.97. The fraction of sp³-hybridized carbons (Fsp3) is 0.125. The molecule has 1 heterocycles. The third-order valence-corrected chi connectivity index (χ3v) is 4.65. The number of hydrogen-bond donors (Lipinski definition) is 0. The maximum Gasteiger partial charge on any atom is 0.182 e. The molecular weight excluding hydrogens is 330 g/mol. The van der Waals surface area contributed by atoms with Gasteiger partial charge in [0.15, 0.2) is 5.82 Å². The molecule has 3 aromatic carbocycles. The maximum atomic E-state index is 4.90. The third-order valence-electron chi connectivity index (χ3n) is 4.65. The zero-order chi connectivity index (χ0) is 18.8. The van der Waals surface area contributed by atoms with Crippen molar-refractivity contribution in [2.24, 2.45) is 0 Å². The average molecular weight is 351 g/mol. The van der Waals surface area contributed by atoms with Crippen molar-refractivity contribution in [3.63, 3.8) is 0 Å². The van der Waals surface area contributed by atoms with Crippen LogP contribution in [0, 0.1) is 20.8 Å². The van der Waals surface area contributed by atoms with Gasteiger partial charge in [-0.3, -0.25) is 0 Å². The molecule has 0 unspecified atom stereocenters. The molecular formula is C24H21N3. The molecule has 0 radical (unpaired) electrons. The van der Waals surface area contributed by atoms with Crippen LogP contribution in [-0.4, -0.2) is 15.2 Å². The lowest BCUT2D eigenvalue weighted by Gasteiger charge is -2.10. The van der Waals surface area contributed by atoms with Crippen molar-refractivity contribution in [3.8, 4) is 33.9 Å². The summed E-state index contributed by atoms with van der Waals surface area (Å²) in [4.78, 5) is 4.90. The number of hydrogen-bond acceptors (Lipinski definition) is 3. The average Bonchev–Trinajstić information content (AvgIpc) is 2.69. The van der Waals surface area contributed by atoms with Crippen LogP contribution in [0.4, 0.5) is 0 Å². The van der Waals surface area contributed by atoms with Crippen molar-refractivity contribution in [2.75, 3.05) is 0 Å². The summed E-state index contributed by atoms with van der Waals surface area (Å²) < 4.78 is 0. The van der Waals surface area contributed by atoms with E-state index in [4.69, 9.17) is 4.98 Å². The molecule has 3 heteroatoms. The van der Waals surface area contributed by atoms with Crippen LogP contribution in [0.1, 0.15) is 16.7 Å². The molecule has 3 nitrogen and oxygen atoms in total. The van der Waals surface area contributed by atoms with Gasteiger partial charge in [0.1, 0.15) is 11.4 Å². The highest BCUT2D eigenvalue weighted by Gasteiger charge is 2.14. The van der Waals surface area contributed by atoms with E-state index in [1.807, 2.05) is 12.1 Å². The first kappa shape index (κ1) is 17.1. The highest BCUT2D eigenvalue weighted by Crippen LogP contribution is 2.30. The maximum absolute atomic E-state index is 4.90.